The van der Waals surface area contributed by atoms with Crippen LogP contribution >= 0.6 is 0 Å². The summed E-state index contributed by atoms with van der Waals surface area (Å²) in [7, 11) is 2.04. The van der Waals surface area contributed by atoms with Gasteiger partial charge < -0.3 is 10.0 Å². The van der Waals surface area contributed by atoms with E-state index in [2.05, 4.69) is 21.9 Å². The van der Waals surface area contributed by atoms with Crippen molar-refractivity contribution in [1.29, 1.82) is 0 Å². The lowest BCUT2D eigenvalue weighted by Gasteiger charge is -2.67. The number of carbonyl (C=O) groups is 1. The van der Waals surface area contributed by atoms with Gasteiger partial charge in [0.05, 0.1) is 0 Å². The van der Waals surface area contributed by atoms with Crippen LogP contribution in [0.5, 0.6) is 5.75 Å². The maximum absolute atomic E-state index is 13.5. The predicted molar refractivity (Wildman–Crippen MR) is 133 cm³/mol. The number of amides is 1. The van der Waals surface area contributed by atoms with E-state index >= 15 is 0 Å². The summed E-state index contributed by atoms with van der Waals surface area (Å²) < 4.78 is 0. The molecule has 1 aliphatic heterocycles. The van der Waals surface area contributed by atoms with Gasteiger partial charge in [-0.25, -0.2) is 0 Å². The fraction of sp³-hybridized carbons (Fsp3) is 0.567. The Morgan fingerprint density at radius 2 is 1.91 bits per heavy atom. The molecule has 178 valence electrons. The molecule has 2 bridgehead atoms. The summed E-state index contributed by atoms with van der Waals surface area (Å²) in [5.41, 5.74) is 3.96. The molecule has 1 heterocycles. The summed E-state index contributed by atoms with van der Waals surface area (Å²) in [4.78, 5) is 18.5. The number of fused-ring (bicyclic) bond motifs is 2. The van der Waals surface area contributed by atoms with E-state index in [1.807, 2.05) is 43.4 Å². The van der Waals surface area contributed by atoms with Gasteiger partial charge in [0.15, 0.2) is 0 Å². The molecule has 2 aromatic rings. The Bertz CT molecular complexity index is 1130. The van der Waals surface area contributed by atoms with Crippen LogP contribution < -0.4 is 0 Å². The first-order valence-electron chi connectivity index (χ1n) is 13.4. The molecule has 2 aromatic carbocycles. The molecule has 4 unspecified atom stereocenters. The van der Waals surface area contributed by atoms with Gasteiger partial charge in [-0.05, 0) is 105 Å². The summed E-state index contributed by atoms with van der Waals surface area (Å²) in [6.07, 6.45) is 9.85. The van der Waals surface area contributed by atoms with Crippen molar-refractivity contribution in [3.05, 3.63) is 65.2 Å². The summed E-state index contributed by atoms with van der Waals surface area (Å²) in [5, 5.41) is 10.5. The second-order valence-corrected chi connectivity index (χ2v) is 12.1. The van der Waals surface area contributed by atoms with Crippen LogP contribution in [0, 0.1) is 17.3 Å². The lowest BCUT2D eigenvalue weighted by molar-refractivity contribution is -0.137. The Balaban J connectivity index is 1.30. The third-order valence-corrected chi connectivity index (χ3v) is 10.5. The molecule has 4 fully saturated rings. The number of carbonyl (C=O) groups excluding carboxylic acids is 1. The number of hydrogen-bond donors (Lipinski definition) is 1. The molecule has 7 rings (SSSR count). The molecular weight excluding hydrogens is 420 g/mol. The van der Waals surface area contributed by atoms with Crippen LogP contribution in [0.4, 0.5) is 0 Å². The fourth-order valence-corrected chi connectivity index (χ4v) is 8.91. The van der Waals surface area contributed by atoms with Crippen molar-refractivity contribution in [3.8, 4) is 5.75 Å². The van der Waals surface area contributed by atoms with E-state index in [0.717, 1.165) is 37.3 Å². The average molecular weight is 457 g/mol. The Kier molecular flexibility index (Phi) is 4.53. The van der Waals surface area contributed by atoms with Gasteiger partial charge in [0.25, 0.3) is 5.91 Å². The maximum Gasteiger partial charge on any atom is 0.253 e. The maximum atomic E-state index is 13.5. The smallest absolute Gasteiger partial charge is 0.253 e. The van der Waals surface area contributed by atoms with Crippen molar-refractivity contribution in [2.45, 2.75) is 68.9 Å². The van der Waals surface area contributed by atoms with Gasteiger partial charge in [-0.1, -0.05) is 24.3 Å². The van der Waals surface area contributed by atoms with Crippen molar-refractivity contribution >= 4 is 5.91 Å². The zero-order chi connectivity index (χ0) is 23.1. The van der Waals surface area contributed by atoms with Gasteiger partial charge in [0, 0.05) is 42.1 Å². The van der Waals surface area contributed by atoms with E-state index < -0.39 is 0 Å². The van der Waals surface area contributed by atoms with Gasteiger partial charge in [-0.3, -0.25) is 9.69 Å². The summed E-state index contributed by atoms with van der Waals surface area (Å²) in [6, 6.07) is 16.9. The van der Waals surface area contributed by atoms with Crippen LogP contribution in [0.2, 0.25) is 0 Å². The molecular formula is C30H36N2O2. The minimum atomic E-state index is 0.0681. The van der Waals surface area contributed by atoms with Crippen LogP contribution in [0.25, 0.3) is 0 Å². The minimum Gasteiger partial charge on any atom is -0.508 e. The minimum absolute atomic E-state index is 0.0681. The van der Waals surface area contributed by atoms with E-state index in [1.165, 1.54) is 49.8 Å². The van der Waals surface area contributed by atoms with E-state index in [9.17, 15) is 9.90 Å². The highest BCUT2D eigenvalue weighted by Crippen LogP contribution is 2.70. The predicted octanol–water partition coefficient (Wildman–Crippen LogP) is 5.00. The quantitative estimate of drug-likeness (QED) is 0.704. The standard InChI is InChI=1S/C30H36N2O2/c1-31(28(34)21-5-3-2-4-6-21)26-18-29-13-14-32(19-20-7-8-20)27-12-10-23(26)17-30(27,29)16-22-9-11-24(33)15-25(22)29/h2-6,9,11,15,20,23,26-27,33H,7-8,10,12-14,16-19H2,1H3/t23?,26-,27?,29?,30?/m0/s1. The second-order valence-electron chi connectivity index (χ2n) is 12.1. The van der Waals surface area contributed by atoms with Crippen molar-refractivity contribution in [1.82, 2.24) is 9.80 Å². The van der Waals surface area contributed by atoms with Gasteiger partial charge in [-0.2, -0.15) is 0 Å². The van der Waals surface area contributed by atoms with Crippen molar-refractivity contribution in [3.63, 3.8) is 0 Å². The molecule has 1 N–H and O–H groups in total. The monoisotopic (exact) mass is 456 g/mol. The third kappa shape index (κ3) is 2.84. The largest absolute Gasteiger partial charge is 0.508 e. The number of phenolic OH excluding ortho intramolecular Hbond substituents is 1. The molecule has 0 aromatic heterocycles. The van der Waals surface area contributed by atoms with Crippen LogP contribution in [0.1, 0.15) is 66.4 Å². The highest BCUT2D eigenvalue weighted by Gasteiger charge is 2.69. The van der Waals surface area contributed by atoms with Crippen LogP contribution in [-0.4, -0.2) is 53.0 Å². The number of aromatic hydroxyl groups is 1. The number of rotatable bonds is 4. The second kappa shape index (κ2) is 7.34. The molecule has 5 aliphatic rings. The molecule has 4 nitrogen and oxygen atoms in total. The van der Waals surface area contributed by atoms with Crippen LogP contribution in [-0.2, 0) is 11.8 Å². The molecule has 1 saturated heterocycles. The van der Waals surface area contributed by atoms with Gasteiger partial charge >= 0.3 is 0 Å². The van der Waals surface area contributed by atoms with E-state index in [4.69, 9.17) is 0 Å². The number of hydrogen-bond acceptors (Lipinski definition) is 3. The number of piperidine rings is 1. The Hall–Kier alpha value is -2.33. The zero-order valence-corrected chi connectivity index (χ0v) is 20.2. The van der Waals surface area contributed by atoms with Gasteiger partial charge in [-0.15, -0.1) is 0 Å². The fourth-order valence-electron chi connectivity index (χ4n) is 8.91. The number of benzene rings is 2. The van der Waals surface area contributed by atoms with E-state index in [0.29, 0.717) is 17.7 Å². The average Bonchev–Trinajstić information content (AvgIpc) is 3.64. The zero-order valence-electron chi connectivity index (χ0n) is 20.2. The Morgan fingerprint density at radius 3 is 2.71 bits per heavy atom. The third-order valence-electron chi connectivity index (χ3n) is 10.5. The number of phenols is 1. The molecule has 4 heteroatoms. The summed E-state index contributed by atoms with van der Waals surface area (Å²) in [5.74, 6) is 2.02. The van der Waals surface area contributed by atoms with Crippen molar-refractivity contribution < 1.29 is 9.90 Å². The molecule has 0 radical (unpaired) electrons. The van der Waals surface area contributed by atoms with Gasteiger partial charge in [0.2, 0.25) is 0 Å². The Labute approximate surface area is 203 Å². The molecule has 1 spiro atoms. The van der Waals surface area contributed by atoms with E-state index in [-0.39, 0.29) is 22.8 Å². The summed E-state index contributed by atoms with van der Waals surface area (Å²) in [6.45, 7) is 2.44. The highest BCUT2D eigenvalue weighted by molar-refractivity contribution is 5.94. The lowest BCUT2D eigenvalue weighted by atomic mass is 9.44. The van der Waals surface area contributed by atoms with Gasteiger partial charge in [0.1, 0.15) is 5.75 Å². The first kappa shape index (κ1) is 21.0. The normalized spacial score (nSPS) is 36.0. The molecule has 4 aliphatic carbocycles. The first-order chi connectivity index (χ1) is 16.5. The SMILES string of the molecule is CN(C(=O)c1ccccc1)[C@H]1CC23CCN(CC4CC4)C4CCC1CC42Cc1ccc(O)cc13. The van der Waals surface area contributed by atoms with E-state index in [1.54, 1.807) is 0 Å². The first-order valence-corrected chi connectivity index (χ1v) is 13.4. The topological polar surface area (TPSA) is 43.8 Å². The number of nitrogens with zero attached hydrogens (tertiary/aromatic N) is 2. The molecule has 5 atom stereocenters. The van der Waals surface area contributed by atoms with Crippen LogP contribution in [0.3, 0.4) is 0 Å². The lowest BCUT2D eigenvalue weighted by Crippen LogP contribution is -2.70. The van der Waals surface area contributed by atoms with Crippen molar-refractivity contribution in [2.24, 2.45) is 17.3 Å². The molecule has 3 saturated carbocycles. The number of likely N-dealkylation sites (tertiary alicyclic amines) is 1. The highest BCUT2D eigenvalue weighted by atomic mass is 16.3. The van der Waals surface area contributed by atoms with Crippen LogP contribution in [0.15, 0.2) is 48.5 Å². The Morgan fingerprint density at radius 1 is 1.09 bits per heavy atom. The molecule has 1 amide bonds. The molecule has 34 heavy (non-hydrogen) atoms. The van der Waals surface area contributed by atoms with Crippen molar-refractivity contribution in [2.75, 3.05) is 20.1 Å². The summed E-state index contributed by atoms with van der Waals surface area (Å²) >= 11 is 0.